The fourth-order valence-corrected chi connectivity index (χ4v) is 1.28. The van der Waals surface area contributed by atoms with E-state index in [1.54, 1.807) is 17.9 Å². The predicted molar refractivity (Wildman–Crippen MR) is 45.6 cm³/mol. The first kappa shape index (κ1) is 8.10. The summed E-state index contributed by atoms with van der Waals surface area (Å²) in [7, 11) is 1.78. The highest BCUT2D eigenvalue weighted by Crippen LogP contribution is 2.13. The average molecular weight is 180 g/mol. The Hall–Kier alpha value is -1.52. The summed E-state index contributed by atoms with van der Waals surface area (Å²) in [5, 5.41) is 0. The highest BCUT2D eigenvalue weighted by Gasteiger charge is 2.09. The van der Waals surface area contributed by atoms with Crippen molar-refractivity contribution in [1.82, 2.24) is 19.5 Å². The molecule has 0 saturated heterocycles. The van der Waals surface area contributed by atoms with Gasteiger partial charge >= 0.3 is 6.08 Å². The van der Waals surface area contributed by atoms with E-state index in [2.05, 4.69) is 15.0 Å². The van der Waals surface area contributed by atoms with Crippen molar-refractivity contribution in [3.8, 4) is 0 Å². The summed E-state index contributed by atoms with van der Waals surface area (Å²) < 4.78 is 14.6. The molecule has 2 aromatic heterocycles. The van der Waals surface area contributed by atoms with E-state index in [-0.39, 0.29) is 0 Å². The van der Waals surface area contributed by atoms with Crippen molar-refractivity contribution in [2.24, 2.45) is 7.05 Å². The molecule has 0 aliphatic carbocycles. The number of hydrogen-bond acceptors (Lipinski definition) is 3. The molecule has 0 unspecified atom stereocenters. The molecular formula is C8H9FN4. The van der Waals surface area contributed by atoms with Gasteiger partial charge in [-0.25, -0.2) is 9.97 Å². The maximum Gasteiger partial charge on any atom is 0.310 e. The predicted octanol–water partition coefficient (Wildman–Crippen LogP) is 1.06. The van der Waals surface area contributed by atoms with Crippen LogP contribution in [0.2, 0.25) is 0 Å². The Labute approximate surface area is 74.5 Å². The molecule has 0 fully saturated rings. The van der Waals surface area contributed by atoms with E-state index in [4.69, 9.17) is 0 Å². The van der Waals surface area contributed by atoms with E-state index in [0.29, 0.717) is 23.3 Å². The standard InChI is InChI=1S/C8H9FN4/c1-3-5-6-7(12-8(9)11-5)13(2)4-10-6/h4H,3H2,1-2H3. The summed E-state index contributed by atoms with van der Waals surface area (Å²) in [6.07, 6.45) is 1.58. The van der Waals surface area contributed by atoms with Crippen LogP contribution in [0.25, 0.3) is 11.2 Å². The zero-order valence-corrected chi connectivity index (χ0v) is 7.45. The third kappa shape index (κ3) is 1.16. The maximum absolute atomic E-state index is 12.9. The van der Waals surface area contributed by atoms with Crippen molar-refractivity contribution >= 4 is 11.2 Å². The molecular weight excluding hydrogens is 171 g/mol. The van der Waals surface area contributed by atoms with Gasteiger partial charge in [0.25, 0.3) is 0 Å². The van der Waals surface area contributed by atoms with Gasteiger partial charge in [-0.1, -0.05) is 6.92 Å². The van der Waals surface area contributed by atoms with Gasteiger partial charge in [0, 0.05) is 7.05 Å². The third-order valence-corrected chi connectivity index (χ3v) is 1.94. The number of aromatic nitrogens is 4. The van der Waals surface area contributed by atoms with Gasteiger partial charge in [0.15, 0.2) is 5.65 Å². The Bertz CT molecular complexity index is 449. The zero-order valence-electron chi connectivity index (χ0n) is 7.45. The van der Waals surface area contributed by atoms with Crippen LogP contribution in [0.3, 0.4) is 0 Å². The molecule has 0 aromatic carbocycles. The van der Waals surface area contributed by atoms with Crippen LogP contribution in [0, 0.1) is 6.08 Å². The van der Waals surface area contributed by atoms with Crippen molar-refractivity contribution in [2.75, 3.05) is 0 Å². The van der Waals surface area contributed by atoms with Crippen LogP contribution in [0.5, 0.6) is 0 Å². The number of rotatable bonds is 1. The molecule has 0 N–H and O–H groups in total. The summed E-state index contributed by atoms with van der Waals surface area (Å²) in [5.74, 6) is 0. The van der Waals surface area contributed by atoms with E-state index in [9.17, 15) is 4.39 Å². The lowest BCUT2D eigenvalue weighted by Crippen LogP contribution is -1.98. The molecule has 4 nitrogen and oxygen atoms in total. The third-order valence-electron chi connectivity index (χ3n) is 1.94. The first-order valence-corrected chi connectivity index (χ1v) is 4.05. The molecule has 68 valence electrons. The molecule has 0 atom stereocenters. The molecule has 0 aliphatic heterocycles. The molecule has 2 aromatic rings. The second-order valence-electron chi connectivity index (χ2n) is 2.82. The van der Waals surface area contributed by atoms with Crippen LogP contribution in [0.1, 0.15) is 12.6 Å². The summed E-state index contributed by atoms with van der Waals surface area (Å²) in [6, 6.07) is 0. The van der Waals surface area contributed by atoms with Gasteiger partial charge < -0.3 is 4.57 Å². The average Bonchev–Trinajstić information content (AvgIpc) is 2.47. The Morgan fingerprint density at radius 2 is 2.23 bits per heavy atom. The minimum absolute atomic E-state index is 0.546. The summed E-state index contributed by atoms with van der Waals surface area (Å²) in [6.45, 7) is 1.91. The van der Waals surface area contributed by atoms with Crippen LogP contribution < -0.4 is 0 Å². The fourth-order valence-electron chi connectivity index (χ4n) is 1.28. The monoisotopic (exact) mass is 180 g/mol. The second-order valence-corrected chi connectivity index (χ2v) is 2.82. The molecule has 0 spiro atoms. The van der Waals surface area contributed by atoms with Crippen molar-refractivity contribution in [2.45, 2.75) is 13.3 Å². The van der Waals surface area contributed by atoms with E-state index >= 15 is 0 Å². The maximum atomic E-state index is 12.9. The quantitative estimate of drug-likeness (QED) is 0.616. The highest BCUT2D eigenvalue weighted by molar-refractivity contribution is 5.72. The van der Waals surface area contributed by atoms with Gasteiger partial charge in [-0.05, 0) is 6.42 Å². The molecule has 5 heteroatoms. The van der Waals surface area contributed by atoms with Crippen LogP contribution in [0.15, 0.2) is 6.33 Å². The lowest BCUT2D eigenvalue weighted by Gasteiger charge is -1.97. The van der Waals surface area contributed by atoms with Crippen LogP contribution in [0.4, 0.5) is 4.39 Å². The molecule has 0 saturated carbocycles. The van der Waals surface area contributed by atoms with E-state index in [1.165, 1.54) is 0 Å². The van der Waals surface area contributed by atoms with Gasteiger partial charge in [0.05, 0.1) is 12.0 Å². The van der Waals surface area contributed by atoms with Gasteiger partial charge in [-0.15, -0.1) is 0 Å². The first-order chi connectivity index (χ1) is 6.22. The number of aryl methyl sites for hydroxylation is 2. The minimum atomic E-state index is -0.687. The Balaban J connectivity index is 2.84. The number of imidazole rings is 1. The van der Waals surface area contributed by atoms with Crippen molar-refractivity contribution in [3.63, 3.8) is 0 Å². The first-order valence-electron chi connectivity index (χ1n) is 4.05. The van der Waals surface area contributed by atoms with Gasteiger partial charge in [0.2, 0.25) is 0 Å². The molecule has 2 rings (SSSR count). The van der Waals surface area contributed by atoms with Crippen molar-refractivity contribution < 1.29 is 4.39 Å². The van der Waals surface area contributed by atoms with E-state index < -0.39 is 6.08 Å². The summed E-state index contributed by atoms with van der Waals surface area (Å²) >= 11 is 0. The number of fused-ring (bicyclic) bond motifs is 1. The van der Waals surface area contributed by atoms with Crippen LogP contribution in [-0.4, -0.2) is 19.5 Å². The molecule has 0 radical (unpaired) electrons. The van der Waals surface area contributed by atoms with Crippen LogP contribution >= 0.6 is 0 Å². The fraction of sp³-hybridized carbons (Fsp3) is 0.375. The zero-order chi connectivity index (χ0) is 9.42. The van der Waals surface area contributed by atoms with Crippen molar-refractivity contribution in [3.05, 3.63) is 18.1 Å². The Kier molecular flexibility index (Phi) is 1.72. The molecule has 2 heterocycles. The van der Waals surface area contributed by atoms with Crippen molar-refractivity contribution in [1.29, 1.82) is 0 Å². The number of hydrogen-bond donors (Lipinski definition) is 0. The van der Waals surface area contributed by atoms with E-state index in [1.807, 2.05) is 6.92 Å². The Morgan fingerprint density at radius 3 is 2.92 bits per heavy atom. The molecule has 0 aliphatic rings. The minimum Gasteiger partial charge on any atom is -0.318 e. The molecule has 0 bridgehead atoms. The highest BCUT2D eigenvalue weighted by atomic mass is 19.1. The smallest absolute Gasteiger partial charge is 0.310 e. The largest absolute Gasteiger partial charge is 0.318 e. The SMILES string of the molecule is CCc1nc(F)nc2c1ncn2C. The van der Waals surface area contributed by atoms with Gasteiger partial charge in [0.1, 0.15) is 5.52 Å². The van der Waals surface area contributed by atoms with Gasteiger partial charge in [-0.2, -0.15) is 9.37 Å². The normalized spacial score (nSPS) is 11.0. The number of nitrogens with zero attached hydrogens (tertiary/aromatic N) is 4. The molecule has 0 amide bonds. The summed E-state index contributed by atoms with van der Waals surface area (Å²) in [5.41, 5.74) is 1.89. The number of halogens is 1. The second kappa shape index (κ2) is 2.76. The van der Waals surface area contributed by atoms with E-state index in [0.717, 1.165) is 0 Å². The lowest BCUT2D eigenvalue weighted by atomic mass is 10.3. The molecule has 13 heavy (non-hydrogen) atoms. The Morgan fingerprint density at radius 1 is 1.46 bits per heavy atom. The lowest BCUT2D eigenvalue weighted by molar-refractivity contribution is 0.537. The summed E-state index contributed by atoms with van der Waals surface area (Å²) in [4.78, 5) is 11.4. The topological polar surface area (TPSA) is 43.6 Å². The van der Waals surface area contributed by atoms with Gasteiger partial charge in [-0.3, -0.25) is 0 Å². The van der Waals surface area contributed by atoms with Crippen LogP contribution in [-0.2, 0) is 13.5 Å².